The fourth-order valence-electron chi connectivity index (χ4n) is 3.87. The highest BCUT2D eigenvalue weighted by Gasteiger charge is 2.19. The summed E-state index contributed by atoms with van der Waals surface area (Å²) in [6, 6.07) is 5.65. The molecule has 1 atom stereocenters. The molecule has 31 heavy (non-hydrogen) atoms. The molecule has 162 valence electrons. The number of fused-ring (bicyclic) bond motifs is 3. The van der Waals surface area contributed by atoms with Crippen molar-refractivity contribution in [1.82, 2.24) is 25.0 Å². The van der Waals surface area contributed by atoms with E-state index in [1.807, 2.05) is 37.5 Å². The van der Waals surface area contributed by atoms with Gasteiger partial charge in [-0.15, -0.1) is 0 Å². The van der Waals surface area contributed by atoms with Crippen LogP contribution >= 0.6 is 0 Å². The van der Waals surface area contributed by atoms with Gasteiger partial charge in [-0.25, -0.2) is 4.98 Å². The fourth-order valence-corrected chi connectivity index (χ4v) is 3.87. The number of nitrogens with one attached hydrogen (secondary N) is 1. The maximum Gasteiger partial charge on any atom is 0.244 e. The molecule has 4 rings (SSSR count). The molecule has 3 heterocycles. The lowest BCUT2D eigenvalue weighted by molar-refractivity contribution is -0.124. The number of carbonyl (C=O) groups is 1. The van der Waals surface area contributed by atoms with Gasteiger partial charge in [0.25, 0.3) is 0 Å². The van der Waals surface area contributed by atoms with Crippen molar-refractivity contribution in [3.63, 3.8) is 0 Å². The molecule has 0 radical (unpaired) electrons. The molecule has 1 aliphatic heterocycles. The van der Waals surface area contributed by atoms with Gasteiger partial charge in [-0.3, -0.25) is 14.5 Å². The molecule has 0 saturated heterocycles. The summed E-state index contributed by atoms with van der Waals surface area (Å²) in [7, 11) is 0. The van der Waals surface area contributed by atoms with E-state index in [1.54, 1.807) is 4.68 Å². The average molecular weight is 420 g/mol. The van der Waals surface area contributed by atoms with Gasteiger partial charge in [-0.05, 0) is 49.4 Å². The van der Waals surface area contributed by atoms with Crippen LogP contribution in [0.3, 0.4) is 0 Å². The predicted molar refractivity (Wildman–Crippen MR) is 126 cm³/mol. The lowest BCUT2D eigenvalue weighted by Gasteiger charge is -2.19. The van der Waals surface area contributed by atoms with Crippen molar-refractivity contribution in [2.24, 2.45) is 4.99 Å². The average Bonchev–Trinajstić information content (AvgIpc) is 3.46. The molecule has 3 N–H and O–H groups in total. The molecule has 8 nitrogen and oxygen atoms in total. The Morgan fingerprint density at radius 2 is 2.10 bits per heavy atom. The van der Waals surface area contributed by atoms with E-state index in [0.717, 1.165) is 52.6 Å². The molecule has 1 aliphatic rings. The summed E-state index contributed by atoms with van der Waals surface area (Å²) < 4.78 is 1.68. The van der Waals surface area contributed by atoms with E-state index in [1.165, 1.54) is 0 Å². The highest BCUT2D eigenvalue weighted by Crippen LogP contribution is 2.30. The third kappa shape index (κ3) is 4.16. The second-order valence-corrected chi connectivity index (χ2v) is 7.78. The van der Waals surface area contributed by atoms with Gasteiger partial charge in [-0.2, -0.15) is 5.10 Å². The zero-order valence-corrected chi connectivity index (χ0v) is 18.3. The summed E-state index contributed by atoms with van der Waals surface area (Å²) in [6.45, 7) is 10.1. The van der Waals surface area contributed by atoms with Crippen molar-refractivity contribution in [1.29, 1.82) is 0 Å². The summed E-state index contributed by atoms with van der Waals surface area (Å²) in [5, 5.41) is 9.39. The number of amides is 1. The Hall–Kier alpha value is -3.26. The topological polar surface area (TPSA) is 101 Å². The molecule has 0 spiro atoms. The first-order valence-electron chi connectivity index (χ1n) is 10.8. The number of anilines is 1. The Kier molecular flexibility index (Phi) is 5.99. The Labute approximate surface area is 181 Å². The van der Waals surface area contributed by atoms with Crippen LogP contribution in [0.5, 0.6) is 0 Å². The number of likely N-dealkylation sites (N-methyl/N-ethyl adjacent to an activating group) is 1. The zero-order chi connectivity index (χ0) is 22.0. The van der Waals surface area contributed by atoms with Crippen LogP contribution in [0.4, 0.5) is 5.82 Å². The number of aromatic nitrogens is 3. The first-order valence-corrected chi connectivity index (χ1v) is 10.8. The summed E-state index contributed by atoms with van der Waals surface area (Å²) in [5.74, 6) is 0.350. The number of aliphatic imine (C=N–C) groups is 1. The Bertz CT molecular complexity index is 1170. The Morgan fingerprint density at radius 3 is 2.81 bits per heavy atom. The maximum absolute atomic E-state index is 12.7. The van der Waals surface area contributed by atoms with E-state index in [4.69, 9.17) is 10.8 Å². The van der Waals surface area contributed by atoms with Crippen molar-refractivity contribution in [2.75, 3.05) is 38.5 Å². The largest absolute Gasteiger partial charge is 0.383 e. The van der Waals surface area contributed by atoms with Crippen LogP contribution in [0.15, 0.2) is 35.5 Å². The van der Waals surface area contributed by atoms with Gasteiger partial charge < -0.3 is 16.0 Å². The number of rotatable bonds is 8. The number of nitrogen functional groups attached to an aromatic ring is 1. The van der Waals surface area contributed by atoms with Gasteiger partial charge in [0, 0.05) is 30.9 Å². The lowest BCUT2D eigenvalue weighted by Crippen LogP contribution is -2.37. The number of hydrogen-bond acceptors (Lipinski definition) is 6. The number of hydrogen-bond donors (Lipinski definition) is 2. The van der Waals surface area contributed by atoms with E-state index in [9.17, 15) is 4.79 Å². The predicted octanol–water partition coefficient (Wildman–Crippen LogP) is 2.65. The van der Waals surface area contributed by atoms with Gasteiger partial charge >= 0.3 is 0 Å². The molecule has 0 fully saturated rings. The molecule has 8 heteroatoms. The molecule has 0 aliphatic carbocycles. The Morgan fingerprint density at radius 1 is 1.29 bits per heavy atom. The van der Waals surface area contributed by atoms with Crippen LogP contribution in [0.25, 0.3) is 27.4 Å². The van der Waals surface area contributed by atoms with Crippen LogP contribution in [0.1, 0.15) is 32.4 Å². The van der Waals surface area contributed by atoms with Crippen LogP contribution in [0.2, 0.25) is 0 Å². The summed E-state index contributed by atoms with van der Waals surface area (Å²) in [5.41, 5.74) is 10.0. The normalized spacial score (nSPS) is 14.5. The van der Waals surface area contributed by atoms with E-state index in [-0.39, 0.29) is 5.91 Å². The molecule has 1 unspecified atom stereocenters. The van der Waals surface area contributed by atoms with E-state index < -0.39 is 6.04 Å². The number of nitrogens with two attached hydrogens (primary N) is 1. The Balaban J connectivity index is 1.58. The number of allylic oxidation sites excluding steroid dienone is 1. The third-order valence-corrected chi connectivity index (χ3v) is 5.91. The van der Waals surface area contributed by atoms with E-state index in [0.29, 0.717) is 18.9 Å². The minimum Gasteiger partial charge on any atom is -0.383 e. The molecule has 1 amide bonds. The molecule has 0 saturated carbocycles. The quantitative estimate of drug-likeness (QED) is 0.584. The van der Waals surface area contributed by atoms with Gasteiger partial charge in [0.1, 0.15) is 17.4 Å². The smallest absolute Gasteiger partial charge is 0.244 e. The fraction of sp³-hybridized carbons (Fsp3) is 0.391. The number of benzene rings is 1. The van der Waals surface area contributed by atoms with Gasteiger partial charge in [-0.1, -0.05) is 19.9 Å². The number of pyridine rings is 1. The number of nitrogens with zero attached hydrogens (tertiary/aromatic N) is 5. The van der Waals surface area contributed by atoms with Crippen molar-refractivity contribution in [3.05, 3.63) is 36.0 Å². The molecule has 3 aromatic rings. The summed E-state index contributed by atoms with van der Waals surface area (Å²) >= 11 is 0. The summed E-state index contributed by atoms with van der Waals surface area (Å²) in [6.07, 6.45) is 5.64. The van der Waals surface area contributed by atoms with Gasteiger partial charge in [0.05, 0.1) is 17.4 Å². The highest BCUT2D eigenvalue weighted by atomic mass is 16.2. The second-order valence-electron chi connectivity index (χ2n) is 7.78. The minimum atomic E-state index is -0.446. The van der Waals surface area contributed by atoms with E-state index in [2.05, 4.69) is 40.1 Å². The zero-order valence-electron chi connectivity index (χ0n) is 18.3. The maximum atomic E-state index is 12.7. The van der Waals surface area contributed by atoms with Crippen molar-refractivity contribution in [2.45, 2.75) is 26.8 Å². The first-order chi connectivity index (χ1) is 15.0. The standard InChI is InChI=1S/C23H29N7O/c1-4-29(5-2)11-10-26-23(31)15(3)30-14-19-21(28-30)18-7-6-16(17-8-9-25-13-17)12-20(18)27-22(19)24/h6-9,12,14-15H,4-5,10-11,13H2,1-3H3,(H2,24,27)(H,26,31). The minimum absolute atomic E-state index is 0.0637. The van der Waals surface area contributed by atoms with Crippen LogP contribution in [0, 0.1) is 0 Å². The number of carbonyl (C=O) groups excluding carboxylic acids is 1. The van der Waals surface area contributed by atoms with E-state index >= 15 is 0 Å². The van der Waals surface area contributed by atoms with Crippen LogP contribution in [-0.4, -0.2) is 64.5 Å². The van der Waals surface area contributed by atoms with Crippen LogP contribution < -0.4 is 11.1 Å². The molecule has 2 aromatic heterocycles. The van der Waals surface area contributed by atoms with Crippen molar-refractivity contribution >= 4 is 45.3 Å². The van der Waals surface area contributed by atoms with Crippen molar-refractivity contribution in [3.8, 4) is 0 Å². The molecule has 1 aromatic carbocycles. The first kappa shape index (κ1) is 21.0. The lowest BCUT2D eigenvalue weighted by atomic mass is 10.0. The molecular formula is C23H29N7O. The van der Waals surface area contributed by atoms with Crippen LogP contribution in [-0.2, 0) is 4.79 Å². The van der Waals surface area contributed by atoms with Crippen molar-refractivity contribution < 1.29 is 4.79 Å². The summed E-state index contributed by atoms with van der Waals surface area (Å²) in [4.78, 5) is 23.8. The SMILES string of the molecule is CCN(CC)CCNC(=O)C(C)n1cc2c(N)nc3cc(C4=CC=NC4)ccc3c2n1. The third-order valence-electron chi connectivity index (χ3n) is 5.91. The molecular weight excluding hydrogens is 390 g/mol. The van der Waals surface area contributed by atoms with Gasteiger partial charge in [0.15, 0.2) is 0 Å². The monoisotopic (exact) mass is 419 g/mol. The second kappa shape index (κ2) is 8.85. The molecule has 0 bridgehead atoms. The van der Waals surface area contributed by atoms with Gasteiger partial charge in [0.2, 0.25) is 5.91 Å². The highest BCUT2D eigenvalue weighted by molar-refractivity contribution is 6.08.